The molecule has 1 saturated heterocycles. The highest BCUT2D eigenvalue weighted by molar-refractivity contribution is 7.89. The molecule has 5 rings (SSSR count). The van der Waals surface area contributed by atoms with Crippen molar-refractivity contribution in [3.63, 3.8) is 0 Å². The van der Waals surface area contributed by atoms with Crippen LogP contribution < -0.4 is 4.90 Å². The zero-order valence-electron chi connectivity index (χ0n) is 16.9. The van der Waals surface area contributed by atoms with Crippen LogP contribution in [-0.4, -0.2) is 53.3 Å². The molecule has 0 radical (unpaired) electrons. The zero-order chi connectivity index (χ0) is 21.0. The van der Waals surface area contributed by atoms with Gasteiger partial charge in [-0.15, -0.1) is 0 Å². The number of carbonyl (C=O) groups is 1. The molecule has 8 nitrogen and oxygen atoms in total. The monoisotopic (exact) mass is 425 g/mol. The van der Waals surface area contributed by atoms with Crippen molar-refractivity contribution >= 4 is 32.8 Å². The second-order valence-corrected chi connectivity index (χ2v) is 9.77. The predicted molar refractivity (Wildman–Crippen MR) is 113 cm³/mol. The van der Waals surface area contributed by atoms with E-state index in [1.165, 1.54) is 4.31 Å². The number of hydrogen-bond donors (Lipinski definition) is 0. The zero-order valence-corrected chi connectivity index (χ0v) is 17.8. The molecule has 3 aromatic rings. The molecule has 4 heterocycles. The fourth-order valence-electron chi connectivity index (χ4n) is 4.51. The third kappa shape index (κ3) is 2.84. The van der Waals surface area contributed by atoms with E-state index in [1.54, 1.807) is 36.3 Å². The molecular weight excluding hydrogens is 402 g/mol. The Morgan fingerprint density at radius 2 is 2.07 bits per heavy atom. The molecule has 1 atom stereocenters. The number of likely N-dealkylation sites (N-methyl/N-ethyl adjacent to an activating group) is 1. The summed E-state index contributed by atoms with van der Waals surface area (Å²) in [7, 11) is -1.92. The highest BCUT2D eigenvalue weighted by atomic mass is 32.2. The molecule has 2 aliphatic heterocycles. The Morgan fingerprint density at radius 1 is 1.23 bits per heavy atom. The lowest BCUT2D eigenvalue weighted by Crippen LogP contribution is -2.29. The smallest absolute Gasteiger partial charge is 0.243 e. The van der Waals surface area contributed by atoms with Crippen molar-refractivity contribution in [1.29, 1.82) is 0 Å². The van der Waals surface area contributed by atoms with E-state index in [-0.39, 0.29) is 23.1 Å². The lowest BCUT2D eigenvalue weighted by atomic mass is 10.1. The Morgan fingerprint density at radius 3 is 2.87 bits per heavy atom. The molecule has 30 heavy (non-hydrogen) atoms. The maximum atomic E-state index is 13.3. The summed E-state index contributed by atoms with van der Waals surface area (Å²) < 4.78 is 30.2. The van der Waals surface area contributed by atoms with Gasteiger partial charge in [0.25, 0.3) is 0 Å². The molecule has 0 bridgehead atoms. The summed E-state index contributed by atoms with van der Waals surface area (Å²) in [5, 5.41) is 0. The minimum Gasteiger partial charge on any atom is -0.315 e. The molecule has 156 valence electrons. The fourth-order valence-corrected chi connectivity index (χ4v) is 6.06. The lowest BCUT2D eigenvalue weighted by molar-refractivity contribution is -0.117. The van der Waals surface area contributed by atoms with E-state index >= 15 is 0 Å². The SMILES string of the molecule is CCn1c([C@@H]2CCN(S(=O)(=O)c3ccc4c(c3)CC(=O)N4C)C2)nc2cccnc21. The number of fused-ring (bicyclic) bond motifs is 2. The molecule has 2 aromatic heterocycles. The van der Waals surface area contributed by atoms with E-state index in [1.807, 2.05) is 19.1 Å². The minimum absolute atomic E-state index is 0.0205. The standard InChI is InChI=1S/C21H23N5O3S/c1-3-26-20(23-17-5-4-9-22-21(17)26)14-8-10-25(13-14)30(28,29)16-6-7-18-15(11-16)12-19(27)24(18)2/h4-7,9,11,14H,3,8,10,12-13H2,1-2H3/t14-/m1/s1. The Labute approximate surface area is 175 Å². The van der Waals surface area contributed by atoms with E-state index in [9.17, 15) is 13.2 Å². The normalized spacial score (nSPS) is 19.7. The minimum atomic E-state index is -3.63. The molecule has 2 aliphatic rings. The first-order chi connectivity index (χ1) is 14.4. The number of anilines is 1. The highest BCUT2D eigenvalue weighted by Crippen LogP contribution is 2.34. The number of nitrogens with zero attached hydrogens (tertiary/aromatic N) is 5. The third-order valence-electron chi connectivity index (χ3n) is 6.13. The number of aromatic nitrogens is 3. The second-order valence-electron chi connectivity index (χ2n) is 7.83. The van der Waals surface area contributed by atoms with E-state index in [0.29, 0.717) is 19.5 Å². The van der Waals surface area contributed by atoms with Gasteiger partial charge in [-0.3, -0.25) is 4.79 Å². The molecule has 1 aromatic carbocycles. The van der Waals surface area contributed by atoms with Crippen LogP contribution in [-0.2, 0) is 27.8 Å². The molecule has 0 spiro atoms. The molecule has 1 amide bonds. The average Bonchev–Trinajstić information content (AvgIpc) is 3.44. The summed E-state index contributed by atoms with van der Waals surface area (Å²) in [6, 6.07) is 8.76. The Bertz CT molecular complexity index is 1270. The van der Waals surface area contributed by atoms with E-state index in [0.717, 1.165) is 34.8 Å². The summed E-state index contributed by atoms with van der Waals surface area (Å²) >= 11 is 0. The maximum Gasteiger partial charge on any atom is 0.243 e. The van der Waals surface area contributed by atoms with E-state index in [2.05, 4.69) is 9.55 Å². The van der Waals surface area contributed by atoms with Gasteiger partial charge in [-0.05, 0) is 49.2 Å². The largest absolute Gasteiger partial charge is 0.315 e. The van der Waals surface area contributed by atoms with Crippen LogP contribution in [0.4, 0.5) is 5.69 Å². The molecule has 9 heteroatoms. The topological polar surface area (TPSA) is 88.4 Å². The summed E-state index contributed by atoms with van der Waals surface area (Å²) in [6.45, 7) is 3.62. The summed E-state index contributed by atoms with van der Waals surface area (Å²) in [5.41, 5.74) is 3.22. The molecule has 0 N–H and O–H groups in total. The average molecular weight is 426 g/mol. The molecular formula is C21H23N5O3S. The van der Waals surface area contributed by atoms with Crippen LogP contribution >= 0.6 is 0 Å². The quantitative estimate of drug-likeness (QED) is 0.639. The van der Waals surface area contributed by atoms with Crippen molar-refractivity contribution in [3.8, 4) is 0 Å². The van der Waals surface area contributed by atoms with Crippen molar-refractivity contribution in [2.75, 3.05) is 25.0 Å². The number of imidazole rings is 1. The third-order valence-corrected chi connectivity index (χ3v) is 7.99. The van der Waals surface area contributed by atoms with Crippen molar-refractivity contribution < 1.29 is 13.2 Å². The van der Waals surface area contributed by atoms with Crippen LogP contribution in [0, 0.1) is 0 Å². The van der Waals surface area contributed by atoms with Gasteiger partial charge in [-0.1, -0.05) is 0 Å². The summed E-state index contributed by atoms with van der Waals surface area (Å²) in [6.07, 6.45) is 2.71. The number of aryl methyl sites for hydroxylation is 1. The maximum absolute atomic E-state index is 13.3. The summed E-state index contributed by atoms with van der Waals surface area (Å²) in [5.74, 6) is 0.897. The molecule has 1 fully saturated rings. The van der Waals surface area contributed by atoms with Crippen molar-refractivity contribution in [1.82, 2.24) is 18.8 Å². The van der Waals surface area contributed by atoms with Gasteiger partial charge in [0.05, 0.1) is 11.3 Å². The number of benzene rings is 1. The van der Waals surface area contributed by atoms with Gasteiger partial charge in [-0.25, -0.2) is 18.4 Å². The van der Waals surface area contributed by atoms with Crippen molar-refractivity contribution in [2.45, 2.75) is 37.1 Å². The number of pyridine rings is 1. The number of sulfonamides is 1. The van der Waals surface area contributed by atoms with Gasteiger partial charge in [0.2, 0.25) is 15.9 Å². The van der Waals surface area contributed by atoms with E-state index in [4.69, 9.17) is 4.98 Å². The van der Waals surface area contributed by atoms with Gasteiger partial charge >= 0.3 is 0 Å². The number of rotatable bonds is 4. The molecule has 0 unspecified atom stereocenters. The van der Waals surface area contributed by atoms with Gasteiger partial charge in [0, 0.05) is 44.5 Å². The van der Waals surface area contributed by atoms with E-state index < -0.39 is 10.0 Å². The van der Waals surface area contributed by atoms with Gasteiger partial charge in [0.1, 0.15) is 11.3 Å². The van der Waals surface area contributed by atoms with Crippen LogP contribution in [0.3, 0.4) is 0 Å². The van der Waals surface area contributed by atoms with Crippen LogP contribution in [0.25, 0.3) is 11.2 Å². The number of amides is 1. The number of hydrogen-bond acceptors (Lipinski definition) is 5. The van der Waals surface area contributed by atoms with Crippen molar-refractivity contribution in [2.24, 2.45) is 0 Å². The van der Waals surface area contributed by atoms with Crippen LogP contribution in [0.1, 0.15) is 30.7 Å². The Hall–Kier alpha value is -2.78. The van der Waals surface area contributed by atoms with Crippen molar-refractivity contribution in [3.05, 3.63) is 47.9 Å². The summed E-state index contributed by atoms with van der Waals surface area (Å²) in [4.78, 5) is 22.9. The first kappa shape index (κ1) is 19.2. The number of carbonyl (C=O) groups excluding carboxylic acids is 1. The van der Waals surface area contributed by atoms with Crippen LogP contribution in [0.15, 0.2) is 41.4 Å². The fraction of sp³-hybridized carbons (Fsp3) is 0.381. The van der Waals surface area contributed by atoms with Crippen LogP contribution in [0.2, 0.25) is 0 Å². The molecule has 0 saturated carbocycles. The predicted octanol–water partition coefficient (Wildman–Crippen LogP) is 2.15. The second kappa shape index (κ2) is 6.88. The lowest BCUT2D eigenvalue weighted by Gasteiger charge is -2.18. The Kier molecular flexibility index (Phi) is 4.41. The van der Waals surface area contributed by atoms with Crippen LogP contribution in [0.5, 0.6) is 0 Å². The van der Waals surface area contributed by atoms with Gasteiger partial charge in [-0.2, -0.15) is 4.31 Å². The molecule has 0 aliphatic carbocycles. The highest BCUT2D eigenvalue weighted by Gasteiger charge is 2.36. The van der Waals surface area contributed by atoms with Gasteiger partial charge in [0.15, 0.2) is 5.65 Å². The first-order valence-corrected chi connectivity index (χ1v) is 11.5. The first-order valence-electron chi connectivity index (χ1n) is 10.1. The Balaban J connectivity index is 1.44. The van der Waals surface area contributed by atoms with Gasteiger partial charge < -0.3 is 9.47 Å².